The van der Waals surface area contributed by atoms with Gasteiger partial charge in [0.25, 0.3) is 5.91 Å². The number of carbonyl (C=O) groups is 2. The summed E-state index contributed by atoms with van der Waals surface area (Å²) in [4.78, 5) is 33.7. The van der Waals surface area contributed by atoms with Gasteiger partial charge in [-0.15, -0.1) is 0 Å². The van der Waals surface area contributed by atoms with Gasteiger partial charge in [-0.05, 0) is 43.4 Å². The number of carboxylic acids is 1. The molecular weight excluding hydrogens is 294 g/mol. The normalized spacial score (nSPS) is 18.1. The highest BCUT2D eigenvalue weighted by Gasteiger charge is 2.25. The Kier molecular flexibility index (Phi) is 4.50. The minimum atomic E-state index is -0.776. The standard InChI is InChI=1S/C17H19N3O3/c21-16(22)6-3-12-2-1-9-20(11-12)17(23)13-4-5-14-15(10-13)19-8-7-18-14/h4-5,7-8,10,12H,1-3,6,9,11H2,(H,21,22). The molecule has 1 fully saturated rings. The lowest BCUT2D eigenvalue weighted by Crippen LogP contribution is -2.40. The molecular formula is C17H19N3O3. The maximum Gasteiger partial charge on any atom is 0.303 e. The van der Waals surface area contributed by atoms with Crippen molar-refractivity contribution >= 4 is 22.9 Å². The van der Waals surface area contributed by atoms with E-state index < -0.39 is 5.97 Å². The Morgan fingerprint density at radius 3 is 2.78 bits per heavy atom. The minimum absolute atomic E-state index is 0.0161. The van der Waals surface area contributed by atoms with Crippen molar-refractivity contribution in [3.8, 4) is 0 Å². The third-order valence-corrected chi connectivity index (χ3v) is 4.29. The summed E-state index contributed by atoms with van der Waals surface area (Å²) in [6.07, 6.45) is 5.94. The van der Waals surface area contributed by atoms with Crippen molar-refractivity contribution in [2.24, 2.45) is 5.92 Å². The highest BCUT2D eigenvalue weighted by atomic mass is 16.4. The summed E-state index contributed by atoms with van der Waals surface area (Å²) in [5.74, 6) is -0.525. The molecule has 6 nitrogen and oxygen atoms in total. The SMILES string of the molecule is O=C(O)CCC1CCCN(C(=O)c2ccc3nccnc3c2)C1. The molecule has 2 heterocycles. The molecule has 1 aromatic heterocycles. The van der Waals surface area contributed by atoms with E-state index in [4.69, 9.17) is 5.11 Å². The zero-order chi connectivity index (χ0) is 16.2. The van der Waals surface area contributed by atoms with E-state index in [0.717, 1.165) is 24.9 Å². The molecule has 2 aromatic rings. The third kappa shape index (κ3) is 3.64. The number of likely N-dealkylation sites (tertiary alicyclic amines) is 1. The summed E-state index contributed by atoms with van der Waals surface area (Å²) < 4.78 is 0. The van der Waals surface area contributed by atoms with Gasteiger partial charge in [-0.3, -0.25) is 19.6 Å². The molecule has 1 aliphatic rings. The topological polar surface area (TPSA) is 83.4 Å². The van der Waals surface area contributed by atoms with Crippen LogP contribution in [-0.4, -0.2) is 44.9 Å². The van der Waals surface area contributed by atoms with Crippen molar-refractivity contribution in [1.82, 2.24) is 14.9 Å². The minimum Gasteiger partial charge on any atom is -0.481 e. The summed E-state index contributed by atoms with van der Waals surface area (Å²) in [5.41, 5.74) is 2.08. The van der Waals surface area contributed by atoms with Gasteiger partial charge in [0.2, 0.25) is 0 Å². The Morgan fingerprint density at radius 2 is 2.00 bits per heavy atom. The van der Waals surface area contributed by atoms with Crippen LogP contribution in [0.15, 0.2) is 30.6 Å². The molecule has 23 heavy (non-hydrogen) atoms. The van der Waals surface area contributed by atoms with Crippen LogP contribution in [0.4, 0.5) is 0 Å². The van der Waals surface area contributed by atoms with Gasteiger partial charge in [0, 0.05) is 37.5 Å². The summed E-state index contributed by atoms with van der Waals surface area (Å²) in [6, 6.07) is 5.35. The Balaban J connectivity index is 1.71. The quantitative estimate of drug-likeness (QED) is 0.936. The van der Waals surface area contributed by atoms with Crippen LogP contribution in [0, 0.1) is 5.92 Å². The fourth-order valence-electron chi connectivity index (χ4n) is 3.09. The van der Waals surface area contributed by atoms with Gasteiger partial charge >= 0.3 is 5.97 Å². The summed E-state index contributed by atoms with van der Waals surface area (Å²) in [5, 5.41) is 8.80. The average Bonchev–Trinajstić information content (AvgIpc) is 2.59. The zero-order valence-corrected chi connectivity index (χ0v) is 12.8. The summed E-state index contributed by atoms with van der Waals surface area (Å²) in [6.45, 7) is 1.35. The molecule has 1 aromatic carbocycles. The molecule has 1 N–H and O–H groups in total. The van der Waals surface area contributed by atoms with E-state index in [1.165, 1.54) is 0 Å². The second kappa shape index (κ2) is 6.73. The number of hydrogen-bond donors (Lipinski definition) is 1. The largest absolute Gasteiger partial charge is 0.481 e. The first-order valence-corrected chi connectivity index (χ1v) is 7.85. The Hall–Kier alpha value is -2.50. The van der Waals surface area contributed by atoms with Gasteiger partial charge in [0.05, 0.1) is 11.0 Å². The van der Waals surface area contributed by atoms with Crippen molar-refractivity contribution < 1.29 is 14.7 Å². The first-order valence-electron chi connectivity index (χ1n) is 7.85. The van der Waals surface area contributed by atoms with Crippen LogP contribution in [-0.2, 0) is 4.79 Å². The number of fused-ring (bicyclic) bond motifs is 1. The van der Waals surface area contributed by atoms with E-state index in [1.807, 2.05) is 4.90 Å². The van der Waals surface area contributed by atoms with Crippen molar-refractivity contribution in [1.29, 1.82) is 0 Å². The van der Waals surface area contributed by atoms with Crippen LogP contribution in [0.3, 0.4) is 0 Å². The Bertz CT molecular complexity index is 732. The van der Waals surface area contributed by atoms with Gasteiger partial charge in [0.15, 0.2) is 0 Å². The van der Waals surface area contributed by atoms with Crippen LogP contribution in [0.1, 0.15) is 36.0 Å². The monoisotopic (exact) mass is 313 g/mol. The summed E-state index contributed by atoms with van der Waals surface area (Å²) in [7, 11) is 0. The fourth-order valence-corrected chi connectivity index (χ4v) is 3.09. The molecule has 6 heteroatoms. The first-order chi connectivity index (χ1) is 11.1. The number of piperidine rings is 1. The van der Waals surface area contributed by atoms with Crippen molar-refractivity contribution in [2.75, 3.05) is 13.1 Å². The number of carbonyl (C=O) groups excluding carboxylic acids is 1. The maximum absolute atomic E-state index is 12.7. The van der Waals surface area contributed by atoms with E-state index in [-0.39, 0.29) is 18.2 Å². The predicted octanol–water partition coefficient (Wildman–Crippen LogP) is 2.35. The molecule has 1 aliphatic heterocycles. The number of aromatic nitrogens is 2. The number of amides is 1. The number of carboxylic acid groups (broad SMARTS) is 1. The van der Waals surface area contributed by atoms with E-state index in [2.05, 4.69) is 9.97 Å². The average molecular weight is 313 g/mol. The van der Waals surface area contributed by atoms with Crippen LogP contribution in [0.25, 0.3) is 11.0 Å². The third-order valence-electron chi connectivity index (χ3n) is 4.29. The Morgan fingerprint density at radius 1 is 1.22 bits per heavy atom. The number of aliphatic carboxylic acids is 1. The fraction of sp³-hybridized carbons (Fsp3) is 0.412. The van der Waals surface area contributed by atoms with Crippen LogP contribution < -0.4 is 0 Å². The van der Waals surface area contributed by atoms with Gasteiger partial charge < -0.3 is 10.0 Å². The van der Waals surface area contributed by atoms with E-state index in [0.29, 0.717) is 24.0 Å². The van der Waals surface area contributed by atoms with Gasteiger partial charge in [0.1, 0.15) is 0 Å². The van der Waals surface area contributed by atoms with E-state index in [1.54, 1.807) is 30.6 Å². The lowest BCUT2D eigenvalue weighted by Gasteiger charge is -2.32. The highest BCUT2D eigenvalue weighted by molar-refractivity contribution is 5.97. The molecule has 1 unspecified atom stereocenters. The molecule has 0 aliphatic carbocycles. The van der Waals surface area contributed by atoms with Crippen molar-refractivity contribution in [3.05, 3.63) is 36.2 Å². The van der Waals surface area contributed by atoms with Crippen LogP contribution >= 0.6 is 0 Å². The zero-order valence-electron chi connectivity index (χ0n) is 12.8. The molecule has 1 amide bonds. The van der Waals surface area contributed by atoms with Crippen LogP contribution in [0.5, 0.6) is 0 Å². The van der Waals surface area contributed by atoms with Crippen molar-refractivity contribution in [2.45, 2.75) is 25.7 Å². The van der Waals surface area contributed by atoms with Gasteiger partial charge in [-0.25, -0.2) is 0 Å². The highest BCUT2D eigenvalue weighted by Crippen LogP contribution is 2.23. The number of benzene rings is 1. The molecule has 1 saturated heterocycles. The number of hydrogen-bond acceptors (Lipinski definition) is 4. The first kappa shape index (κ1) is 15.4. The van der Waals surface area contributed by atoms with Gasteiger partial charge in [-0.1, -0.05) is 0 Å². The smallest absolute Gasteiger partial charge is 0.303 e. The molecule has 3 rings (SSSR count). The van der Waals surface area contributed by atoms with E-state index >= 15 is 0 Å². The second-order valence-electron chi connectivity index (χ2n) is 5.95. The lowest BCUT2D eigenvalue weighted by molar-refractivity contribution is -0.137. The van der Waals surface area contributed by atoms with Crippen molar-refractivity contribution in [3.63, 3.8) is 0 Å². The lowest BCUT2D eigenvalue weighted by atomic mass is 9.93. The number of rotatable bonds is 4. The molecule has 120 valence electrons. The Labute approximate surface area is 134 Å². The second-order valence-corrected chi connectivity index (χ2v) is 5.95. The molecule has 0 saturated carbocycles. The van der Waals surface area contributed by atoms with Gasteiger partial charge in [-0.2, -0.15) is 0 Å². The van der Waals surface area contributed by atoms with E-state index in [9.17, 15) is 9.59 Å². The molecule has 0 bridgehead atoms. The van der Waals surface area contributed by atoms with Crippen LogP contribution in [0.2, 0.25) is 0 Å². The predicted molar refractivity (Wildman–Crippen MR) is 85.0 cm³/mol. The molecule has 0 spiro atoms. The molecule has 0 radical (unpaired) electrons. The summed E-state index contributed by atoms with van der Waals surface area (Å²) >= 11 is 0. The maximum atomic E-state index is 12.7. The molecule has 1 atom stereocenters. The number of nitrogens with zero attached hydrogens (tertiary/aromatic N) is 3.